The zero-order valence-corrected chi connectivity index (χ0v) is 12.0. The molecule has 19 heavy (non-hydrogen) atoms. The van der Waals surface area contributed by atoms with Crippen LogP contribution in [-0.2, 0) is 18.8 Å². The molecule has 0 amide bonds. The number of alkyl halides is 1. The van der Waals surface area contributed by atoms with Crippen LogP contribution < -0.4 is 4.74 Å². The molecule has 1 aromatic heterocycles. The lowest BCUT2D eigenvalue weighted by atomic mass is 10.2. The van der Waals surface area contributed by atoms with Crippen molar-refractivity contribution in [1.82, 2.24) is 9.78 Å². The van der Waals surface area contributed by atoms with Gasteiger partial charge in [-0.2, -0.15) is 5.10 Å². The van der Waals surface area contributed by atoms with Crippen molar-refractivity contribution in [2.24, 2.45) is 7.05 Å². The Morgan fingerprint density at radius 1 is 1.32 bits per heavy atom. The summed E-state index contributed by atoms with van der Waals surface area (Å²) in [4.78, 5) is 0. The van der Waals surface area contributed by atoms with E-state index in [2.05, 4.69) is 21.0 Å². The maximum absolute atomic E-state index is 13.6. The zero-order chi connectivity index (χ0) is 13.8. The summed E-state index contributed by atoms with van der Waals surface area (Å²) in [5.41, 5.74) is 1.48. The van der Waals surface area contributed by atoms with Gasteiger partial charge in [-0.05, 0) is 23.8 Å². The van der Waals surface area contributed by atoms with Crippen LogP contribution in [0.4, 0.5) is 8.78 Å². The van der Waals surface area contributed by atoms with Crippen LogP contribution in [0.2, 0.25) is 0 Å². The summed E-state index contributed by atoms with van der Waals surface area (Å²) in [6, 6.07) is 4.36. The summed E-state index contributed by atoms with van der Waals surface area (Å²) in [6.07, 6.45) is 2.21. The Labute approximate surface area is 118 Å². The molecule has 0 atom stereocenters. The van der Waals surface area contributed by atoms with Crippen molar-refractivity contribution < 1.29 is 13.5 Å². The summed E-state index contributed by atoms with van der Waals surface area (Å²) in [7, 11) is 1.81. The smallest absolute Gasteiger partial charge is 0.190 e. The molecule has 1 aromatic carbocycles. The van der Waals surface area contributed by atoms with Crippen LogP contribution >= 0.6 is 15.9 Å². The molecule has 0 N–H and O–H groups in total. The Hall–Kier alpha value is -1.43. The van der Waals surface area contributed by atoms with Crippen LogP contribution in [0, 0.1) is 11.6 Å². The van der Waals surface area contributed by atoms with E-state index in [4.69, 9.17) is 4.74 Å². The predicted molar refractivity (Wildman–Crippen MR) is 71.4 cm³/mol. The number of nitrogens with zero attached hydrogens (tertiary/aromatic N) is 2. The van der Waals surface area contributed by atoms with E-state index in [1.807, 2.05) is 6.07 Å². The minimum atomic E-state index is -0.681. The molecule has 0 spiro atoms. The fourth-order valence-corrected chi connectivity index (χ4v) is 2.06. The van der Waals surface area contributed by atoms with Gasteiger partial charge in [0.05, 0.1) is 6.61 Å². The highest BCUT2D eigenvalue weighted by molar-refractivity contribution is 9.08. The fourth-order valence-electron chi connectivity index (χ4n) is 1.73. The van der Waals surface area contributed by atoms with Crippen molar-refractivity contribution in [3.8, 4) is 5.75 Å². The summed E-state index contributed by atoms with van der Waals surface area (Å²) in [5.74, 6) is -1.69. The van der Waals surface area contributed by atoms with E-state index in [-0.39, 0.29) is 12.4 Å². The van der Waals surface area contributed by atoms with E-state index in [1.54, 1.807) is 17.9 Å². The number of aryl methyl sites for hydroxylation is 1. The molecular weight excluding hydrogens is 318 g/mol. The second kappa shape index (κ2) is 6.14. The molecule has 2 aromatic rings. The van der Waals surface area contributed by atoms with Crippen molar-refractivity contribution in [1.29, 1.82) is 0 Å². The standard InChI is InChI=1S/C13H13BrF2N2O/c1-18-10(2-4-17-18)3-5-19-13-11(15)6-9(8-14)7-12(13)16/h2,4,6-7H,3,5,8H2,1H3. The Morgan fingerprint density at radius 2 is 2.00 bits per heavy atom. The minimum Gasteiger partial charge on any atom is -0.487 e. The number of hydrogen-bond donors (Lipinski definition) is 0. The van der Waals surface area contributed by atoms with E-state index in [1.165, 1.54) is 12.1 Å². The lowest BCUT2D eigenvalue weighted by molar-refractivity contribution is 0.285. The summed E-state index contributed by atoms with van der Waals surface area (Å²) >= 11 is 3.15. The van der Waals surface area contributed by atoms with Gasteiger partial charge in [0.25, 0.3) is 0 Å². The topological polar surface area (TPSA) is 27.1 Å². The van der Waals surface area contributed by atoms with E-state index in [9.17, 15) is 8.78 Å². The summed E-state index contributed by atoms with van der Waals surface area (Å²) in [6.45, 7) is 0.195. The van der Waals surface area contributed by atoms with Crippen molar-refractivity contribution in [2.45, 2.75) is 11.8 Å². The van der Waals surface area contributed by atoms with Crippen molar-refractivity contribution in [3.05, 3.63) is 47.3 Å². The number of benzene rings is 1. The van der Waals surface area contributed by atoms with Crippen LogP contribution in [0.15, 0.2) is 24.4 Å². The highest BCUT2D eigenvalue weighted by atomic mass is 79.9. The first-order chi connectivity index (χ1) is 9.11. The Morgan fingerprint density at radius 3 is 2.53 bits per heavy atom. The predicted octanol–water partition coefficient (Wildman–Crippen LogP) is 3.21. The van der Waals surface area contributed by atoms with Crippen LogP contribution in [0.1, 0.15) is 11.3 Å². The van der Waals surface area contributed by atoms with Gasteiger partial charge in [0.15, 0.2) is 17.4 Å². The monoisotopic (exact) mass is 330 g/mol. The lowest BCUT2D eigenvalue weighted by Gasteiger charge is -2.09. The third-order valence-corrected chi connectivity index (χ3v) is 3.39. The molecule has 6 heteroatoms. The van der Waals surface area contributed by atoms with Crippen LogP contribution in [0.3, 0.4) is 0 Å². The molecule has 0 saturated carbocycles. The molecular formula is C13H13BrF2N2O. The van der Waals surface area contributed by atoms with Crippen LogP contribution in [0.25, 0.3) is 0 Å². The maximum Gasteiger partial charge on any atom is 0.190 e. The van der Waals surface area contributed by atoms with Gasteiger partial charge < -0.3 is 4.74 Å². The Kier molecular flexibility index (Phi) is 4.52. The van der Waals surface area contributed by atoms with Crippen LogP contribution in [-0.4, -0.2) is 16.4 Å². The average molecular weight is 331 g/mol. The molecule has 0 aliphatic rings. The summed E-state index contributed by atoms with van der Waals surface area (Å²) < 4.78 is 34.2. The van der Waals surface area contributed by atoms with Gasteiger partial charge in [-0.3, -0.25) is 4.68 Å². The van der Waals surface area contributed by atoms with Gasteiger partial charge in [-0.25, -0.2) is 8.78 Å². The molecule has 102 valence electrons. The molecule has 0 aliphatic heterocycles. The van der Waals surface area contributed by atoms with Crippen molar-refractivity contribution in [3.63, 3.8) is 0 Å². The first-order valence-corrected chi connectivity index (χ1v) is 6.87. The first kappa shape index (κ1) is 14.0. The van der Waals surface area contributed by atoms with Crippen LogP contribution in [0.5, 0.6) is 5.75 Å². The van der Waals surface area contributed by atoms with Gasteiger partial charge in [0.1, 0.15) is 0 Å². The number of halogens is 3. The molecule has 0 aliphatic carbocycles. The molecule has 0 unspecified atom stereocenters. The molecule has 0 bridgehead atoms. The number of hydrogen-bond acceptors (Lipinski definition) is 2. The second-order valence-corrected chi connectivity index (χ2v) is 4.63. The van der Waals surface area contributed by atoms with Gasteiger partial charge in [0.2, 0.25) is 0 Å². The highest BCUT2D eigenvalue weighted by Crippen LogP contribution is 2.24. The van der Waals surface area contributed by atoms with E-state index in [0.717, 1.165) is 5.69 Å². The van der Waals surface area contributed by atoms with E-state index < -0.39 is 11.6 Å². The Balaban J connectivity index is 2.02. The second-order valence-electron chi connectivity index (χ2n) is 4.07. The zero-order valence-electron chi connectivity index (χ0n) is 10.4. The first-order valence-electron chi connectivity index (χ1n) is 5.75. The molecule has 0 saturated heterocycles. The molecule has 3 nitrogen and oxygen atoms in total. The van der Waals surface area contributed by atoms with E-state index >= 15 is 0 Å². The van der Waals surface area contributed by atoms with Crippen molar-refractivity contribution >= 4 is 15.9 Å². The normalized spacial score (nSPS) is 10.7. The molecule has 1 heterocycles. The summed E-state index contributed by atoms with van der Waals surface area (Å²) in [5, 5.41) is 4.41. The lowest BCUT2D eigenvalue weighted by Crippen LogP contribution is -2.08. The third-order valence-electron chi connectivity index (χ3n) is 2.74. The quantitative estimate of drug-likeness (QED) is 0.787. The van der Waals surface area contributed by atoms with Gasteiger partial charge in [-0.15, -0.1) is 0 Å². The fraction of sp³-hybridized carbons (Fsp3) is 0.308. The SMILES string of the molecule is Cn1nccc1CCOc1c(F)cc(CBr)cc1F. The number of rotatable bonds is 5. The average Bonchev–Trinajstić information content (AvgIpc) is 2.78. The van der Waals surface area contributed by atoms with Gasteiger partial charge in [0, 0.05) is 30.7 Å². The molecule has 0 fully saturated rings. The van der Waals surface area contributed by atoms with Crippen molar-refractivity contribution in [2.75, 3.05) is 6.61 Å². The van der Waals surface area contributed by atoms with Gasteiger partial charge >= 0.3 is 0 Å². The maximum atomic E-state index is 13.6. The minimum absolute atomic E-state index is 0.195. The molecule has 0 radical (unpaired) electrons. The number of ether oxygens (including phenoxy) is 1. The molecule has 2 rings (SSSR count). The number of aromatic nitrogens is 2. The van der Waals surface area contributed by atoms with Gasteiger partial charge in [-0.1, -0.05) is 15.9 Å². The largest absolute Gasteiger partial charge is 0.487 e. The highest BCUT2D eigenvalue weighted by Gasteiger charge is 2.12. The third kappa shape index (κ3) is 3.32. The van der Waals surface area contributed by atoms with E-state index in [0.29, 0.717) is 17.3 Å². The Bertz CT molecular complexity index is 549.